The van der Waals surface area contributed by atoms with Crippen LogP contribution in [0.3, 0.4) is 0 Å². The van der Waals surface area contributed by atoms with Gasteiger partial charge in [-0.25, -0.2) is 4.79 Å². The first-order valence-corrected chi connectivity index (χ1v) is 15.1. The van der Waals surface area contributed by atoms with Crippen LogP contribution in [-0.4, -0.2) is 55.0 Å². The quantitative estimate of drug-likeness (QED) is 0.214. The van der Waals surface area contributed by atoms with E-state index in [0.29, 0.717) is 0 Å². The molecule has 3 aromatic carbocycles. The van der Waals surface area contributed by atoms with Crippen molar-refractivity contribution >= 4 is 41.8 Å². The number of methoxy groups -OCH3 is 1. The molecule has 0 bridgehead atoms. The minimum atomic E-state index is -1.29. The van der Waals surface area contributed by atoms with E-state index >= 15 is 0 Å². The van der Waals surface area contributed by atoms with Crippen molar-refractivity contribution in [2.45, 2.75) is 60.2 Å². The first kappa shape index (κ1) is 37.4. The lowest BCUT2D eigenvalue weighted by Gasteiger charge is -2.34. The molecule has 0 saturated heterocycles. The Bertz CT molecular complexity index is 1890. The van der Waals surface area contributed by atoms with Gasteiger partial charge in [0.15, 0.2) is 29.1 Å². The number of hydrogen-bond acceptors (Lipinski definition) is 16. The lowest BCUT2D eigenvalue weighted by molar-refractivity contribution is -0.135. The molecular weight excluding hydrogens is 676 g/mol. The van der Waals surface area contributed by atoms with Gasteiger partial charge in [-0.3, -0.25) is 28.8 Å². The summed E-state index contributed by atoms with van der Waals surface area (Å²) >= 11 is 0. The van der Waals surface area contributed by atoms with Crippen molar-refractivity contribution in [1.29, 1.82) is 0 Å². The zero-order chi connectivity index (χ0) is 37.6. The summed E-state index contributed by atoms with van der Waals surface area (Å²) < 4.78 is 49.1. The second kappa shape index (κ2) is 15.8. The molecule has 0 amide bonds. The lowest BCUT2D eigenvalue weighted by Crippen LogP contribution is -2.35. The summed E-state index contributed by atoms with van der Waals surface area (Å²) in [5.41, 5.74) is 0.315. The zero-order valence-corrected chi connectivity index (χ0v) is 28.4. The predicted octanol–water partition coefficient (Wildman–Crippen LogP) is 4.15. The number of esters is 7. The Balaban J connectivity index is 1.90. The molecular formula is C35H32O16. The van der Waals surface area contributed by atoms with Crippen LogP contribution in [0.2, 0.25) is 0 Å². The van der Waals surface area contributed by atoms with E-state index in [1.807, 2.05) is 0 Å². The van der Waals surface area contributed by atoms with E-state index in [1.165, 1.54) is 56.5 Å². The number of carbonyl (C=O) groups excluding carboxylic acids is 7. The van der Waals surface area contributed by atoms with Crippen molar-refractivity contribution in [3.8, 4) is 46.0 Å². The number of fused-ring (bicyclic) bond motifs is 1. The molecule has 1 heterocycles. The van der Waals surface area contributed by atoms with Crippen molar-refractivity contribution < 1.29 is 76.2 Å². The number of rotatable bonds is 10. The highest BCUT2D eigenvalue weighted by molar-refractivity contribution is 5.90. The largest absolute Gasteiger partial charge is 0.493 e. The van der Waals surface area contributed by atoms with Crippen LogP contribution in [-0.2, 0) is 39.9 Å². The molecule has 51 heavy (non-hydrogen) atoms. The summed E-state index contributed by atoms with van der Waals surface area (Å²) in [6.45, 7) is 6.76. The van der Waals surface area contributed by atoms with E-state index in [-0.39, 0.29) is 63.4 Å². The van der Waals surface area contributed by atoms with Gasteiger partial charge in [0.2, 0.25) is 5.75 Å². The van der Waals surface area contributed by atoms with Crippen molar-refractivity contribution in [2.75, 3.05) is 7.11 Å². The fourth-order valence-corrected chi connectivity index (χ4v) is 4.99. The molecule has 0 aromatic heterocycles. The Hall–Kier alpha value is -6.45. The number of hydrogen-bond donors (Lipinski definition) is 0. The molecule has 4 rings (SSSR count). The van der Waals surface area contributed by atoms with Crippen molar-refractivity contribution in [3.05, 3.63) is 59.2 Å². The fourth-order valence-electron chi connectivity index (χ4n) is 4.99. The monoisotopic (exact) mass is 708 g/mol. The standard InChI is InChI=1S/C35H32O16/c1-16(36)44-24-13-27(46-18(3)38)25-15-32(51-35(42)22-8-9-26(45-17(2)37)29(10-22)43-7)33(50-28(25)14-24)23-11-30(47-19(4)39)34(49-21(6)41)31(12-23)48-20(5)40/h8-14,32-33H,15H2,1-7H3/t32-,33-/m1/s1. The minimum Gasteiger partial charge on any atom is -0.493 e. The zero-order valence-electron chi connectivity index (χ0n) is 28.4. The summed E-state index contributed by atoms with van der Waals surface area (Å²) in [7, 11) is 1.31. The van der Waals surface area contributed by atoms with Crippen LogP contribution >= 0.6 is 0 Å². The van der Waals surface area contributed by atoms with Gasteiger partial charge in [0.25, 0.3) is 0 Å². The van der Waals surface area contributed by atoms with Gasteiger partial charge >= 0.3 is 41.8 Å². The number of benzene rings is 3. The summed E-state index contributed by atoms with van der Waals surface area (Å²) in [4.78, 5) is 85.2. The predicted molar refractivity (Wildman–Crippen MR) is 170 cm³/mol. The van der Waals surface area contributed by atoms with Crippen molar-refractivity contribution in [1.82, 2.24) is 0 Å². The third-order valence-corrected chi connectivity index (χ3v) is 6.69. The Morgan fingerprint density at radius 1 is 0.588 bits per heavy atom. The van der Waals surface area contributed by atoms with Crippen LogP contribution in [0.15, 0.2) is 42.5 Å². The van der Waals surface area contributed by atoms with Crippen molar-refractivity contribution in [3.63, 3.8) is 0 Å². The first-order chi connectivity index (χ1) is 24.0. The summed E-state index contributed by atoms with van der Waals surface area (Å²) in [5.74, 6) is -6.43. The molecule has 0 radical (unpaired) electrons. The van der Waals surface area contributed by atoms with Crippen LogP contribution in [0, 0.1) is 0 Å². The van der Waals surface area contributed by atoms with Crippen LogP contribution in [0.5, 0.6) is 46.0 Å². The third kappa shape index (κ3) is 9.59. The Kier molecular flexibility index (Phi) is 11.6. The SMILES string of the molecule is COc1cc(C(=O)O[C@@H]2Cc3c(OC(C)=O)cc(OC(C)=O)cc3O[C@@H]2c2cc(OC(C)=O)c(OC(C)=O)c(OC(C)=O)c2)ccc1OC(C)=O. The maximum atomic E-state index is 13.7. The van der Waals surface area contributed by atoms with Gasteiger partial charge in [0.1, 0.15) is 23.4 Å². The second-order valence-corrected chi connectivity index (χ2v) is 10.9. The highest BCUT2D eigenvalue weighted by atomic mass is 16.6. The van der Waals surface area contributed by atoms with Crippen molar-refractivity contribution in [2.24, 2.45) is 0 Å². The van der Waals surface area contributed by atoms with E-state index in [1.54, 1.807) is 0 Å². The first-order valence-electron chi connectivity index (χ1n) is 15.1. The van der Waals surface area contributed by atoms with E-state index in [0.717, 1.165) is 34.6 Å². The molecule has 16 heteroatoms. The Morgan fingerprint density at radius 2 is 1.12 bits per heavy atom. The molecule has 1 aliphatic rings. The molecule has 0 N–H and O–H groups in total. The molecule has 0 spiro atoms. The maximum Gasteiger partial charge on any atom is 0.338 e. The third-order valence-electron chi connectivity index (χ3n) is 6.69. The molecule has 0 unspecified atom stereocenters. The molecule has 1 aliphatic heterocycles. The highest BCUT2D eigenvalue weighted by Gasteiger charge is 2.39. The van der Waals surface area contributed by atoms with E-state index < -0.39 is 59.7 Å². The second-order valence-electron chi connectivity index (χ2n) is 10.9. The summed E-state index contributed by atoms with van der Waals surface area (Å²) in [5, 5.41) is 0. The topological polar surface area (TPSA) is 203 Å². The fraction of sp³-hybridized carbons (Fsp3) is 0.286. The van der Waals surface area contributed by atoms with Gasteiger partial charge < -0.3 is 42.6 Å². The van der Waals surface area contributed by atoms with Crippen LogP contribution in [0.4, 0.5) is 0 Å². The van der Waals surface area contributed by atoms with Crippen LogP contribution in [0.1, 0.15) is 69.1 Å². The van der Waals surface area contributed by atoms with Gasteiger partial charge in [0, 0.05) is 71.2 Å². The van der Waals surface area contributed by atoms with Gasteiger partial charge in [-0.1, -0.05) is 0 Å². The molecule has 268 valence electrons. The Morgan fingerprint density at radius 3 is 1.65 bits per heavy atom. The van der Waals surface area contributed by atoms with Gasteiger partial charge in [0.05, 0.1) is 12.7 Å². The van der Waals surface area contributed by atoms with Crippen LogP contribution in [0.25, 0.3) is 0 Å². The number of carbonyl (C=O) groups is 7. The van der Waals surface area contributed by atoms with Crippen LogP contribution < -0.4 is 37.9 Å². The van der Waals surface area contributed by atoms with E-state index in [2.05, 4.69) is 0 Å². The molecule has 0 saturated carbocycles. The minimum absolute atomic E-state index is 0.0240. The molecule has 16 nitrogen and oxygen atoms in total. The van der Waals surface area contributed by atoms with Gasteiger partial charge in [-0.2, -0.15) is 0 Å². The van der Waals surface area contributed by atoms with E-state index in [4.69, 9.17) is 42.6 Å². The lowest BCUT2D eigenvalue weighted by atomic mass is 9.93. The molecule has 0 aliphatic carbocycles. The normalized spacial score (nSPS) is 14.4. The molecule has 3 aromatic rings. The molecule has 0 fully saturated rings. The highest BCUT2D eigenvalue weighted by Crippen LogP contribution is 2.47. The smallest absolute Gasteiger partial charge is 0.338 e. The van der Waals surface area contributed by atoms with Gasteiger partial charge in [-0.05, 0) is 30.3 Å². The molecule has 2 atom stereocenters. The summed E-state index contributed by atoms with van der Waals surface area (Å²) in [6.07, 6.45) is -2.72. The summed E-state index contributed by atoms with van der Waals surface area (Å²) in [6, 6.07) is 9.09. The van der Waals surface area contributed by atoms with E-state index in [9.17, 15) is 33.6 Å². The number of ether oxygens (including phenoxy) is 9. The van der Waals surface area contributed by atoms with Gasteiger partial charge in [-0.15, -0.1) is 0 Å². The maximum absolute atomic E-state index is 13.7. The Labute approximate surface area is 290 Å². The average Bonchev–Trinajstić information content (AvgIpc) is 3.01. The average molecular weight is 709 g/mol.